The molecule has 0 bridgehead atoms. The monoisotopic (exact) mass is 437 g/mol. The lowest BCUT2D eigenvalue weighted by molar-refractivity contribution is -0.121. The third-order valence-electron chi connectivity index (χ3n) is 5.49. The number of carbonyl (C=O) groups excluding carboxylic acids is 2. The minimum absolute atomic E-state index is 0.196. The van der Waals surface area contributed by atoms with E-state index >= 15 is 0 Å². The number of likely N-dealkylation sites (N-methyl/N-ethyl adjacent to an activating group) is 1. The summed E-state index contributed by atoms with van der Waals surface area (Å²) in [5, 5.41) is 11.1. The molecular formula is C21H20ClN7O2. The molecule has 0 spiro atoms. The van der Waals surface area contributed by atoms with Crippen LogP contribution in [0.25, 0.3) is 11.7 Å². The van der Waals surface area contributed by atoms with E-state index < -0.39 is 11.9 Å². The fourth-order valence-corrected chi connectivity index (χ4v) is 3.63. The van der Waals surface area contributed by atoms with Gasteiger partial charge in [-0.1, -0.05) is 11.6 Å². The maximum atomic E-state index is 12.3. The van der Waals surface area contributed by atoms with Gasteiger partial charge in [-0.05, 0) is 37.0 Å². The van der Waals surface area contributed by atoms with Crippen LogP contribution < -0.4 is 10.6 Å². The number of carbonyl (C=O) groups is 2. The minimum Gasteiger partial charge on any atom is -0.367 e. The lowest BCUT2D eigenvalue weighted by Gasteiger charge is -2.11. The van der Waals surface area contributed by atoms with Gasteiger partial charge >= 0.3 is 6.03 Å². The van der Waals surface area contributed by atoms with Crippen LogP contribution in [0.5, 0.6) is 0 Å². The summed E-state index contributed by atoms with van der Waals surface area (Å²) < 4.78 is 1.72. The number of pyridine rings is 1. The second kappa shape index (κ2) is 7.35. The molecule has 0 atom stereocenters. The molecule has 10 heteroatoms. The summed E-state index contributed by atoms with van der Waals surface area (Å²) in [5.41, 5.74) is 4.20. The molecule has 1 aliphatic heterocycles. The van der Waals surface area contributed by atoms with E-state index in [2.05, 4.69) is 20.7 Å². The molecule has 3 aromatic heterocycles. The number of amides is 3. The van der Waals surface area contributed by atoms with E-state index in [0.29, 0.717) is 28.7 Å². The molecule has 0 radical (unpaired) electrons. The van der Waals surface area contributed by atoms with Gasteiger partial charge in [0.25, 0.3) is 5.91 Å². The first-order valence-electron chi connectivity index (χ1n) is 9.94. The largest absolute Gasteiger partial charge is 0.367 e. The van der Waals surface area contributed by atoms with Gasteiger partial charge in [-0.25, -0.2) is 9.78 Å². The van der Waals surface area contributed by atoms with Gasteiger partial charge in [0.2, 0.25) is 0 Å². The molecule has 3 aromatic rings. The minimum atomic E-state index is -0.457. The molecule has 2 N–H and O–H groups in total. The summed E-state index contributed by atoms with van der Waals surface area (Å²) in [5.74, 6) is 0.441. The van der Waals surface area contributed by atoms with E-state index in [4.69, 9.17) is 16.6 Å². The quantitative estimate of drug-likeness (QED) is 0.469. The SMILES string of the molecule is Cc1c(Cl)cncc1Cc1cc(NC2CC2)n2ncc(/C=C3\NC(=O)N(C)C3=O)c2n1. The zero-order valence-electron chi connectivity index (χ0n) is 17.0. The highest BCUT2D eigenvalue weighted by Gasteiger charge is 2.30. The topological polar surface area (TPSA) is 105 Å². The molecule has 5 rings (SSSR count). The number of rotatable bonds is 5. The summed E-state index contributed by atoms with van der Waals surface area (Å²) in [7, 11) is 1.43. The number of anilines is 1. The number of fused-ring (bicyclic) bond motifs is 1. The molecule has 2 aliphatic rings. The van der Waals surface area contributed by atoms with Crippen LogP contribution in [0.1, 0.15) is 35.2 Å². The van der Waals surface area contributed by atoms with Gasteiger partial charge < -0.3 is 10.6 Å². The van der Waals surface area contributed by atoms with Crippen molar-refractivity contribution in [2.24, 2.45) is 0 Å². The number of nitrogens with one attached hydrogen (secondary N) is 2. The van der Waals surface area contributed by atoms with Crippen molar-refractivity contribution in [1.82, 2.24) is 29.8 Å². The molecule has 4 heterocycles. The molecule has 1 saturated carbocycles. The van der Waals surface area contributed by atoms with Crippen LogP contribution in [0.2, 0.25) is 5.02 Å². The van der Waals surface area contributed by atoms with Crippen LogP contribution in [0.4, 0.5) is 10.6 Å². The molecule has 3 amide bonds. The zero-order valence-corrected chi connectivity index (χ0v) is 17.8. The second-order valence-corrected chi connectivity index (χ2v) is 8.23. The van der Waals surface area contributed by atoms with Crippen molar-refractivity contribution in [3.8, 4) is 0 Å². The summed E-state index contributed by atoms with van der Waals surface area (Å²) in [6.45, 7) is 1.96. The van der Waals surface area contributed by atoms with Crippen molar-refractivity contribution in [3.63, 3.8) is 0 Å². The Morgan fingerprint density at radius 3 is 2.81 bits per heavy atom. The lowest BCUT2D eigenvalue weighted by atomic mass is 10.1. The van der Waals surface area contributed by atoms with Gasteiger partial charge in [-0.2, -0.15) is 9.61 Å². The van der Waals surface area contributed by atoms with Crippen LogP contribution in [0.15, 0.2) is 30.4 Å². The second-order valence-electron chi connectivity index (χ2n) is 7.82. The molecule has 0 aromatic carbocycles. The van der Waals surface area contributed by atoms with Crippen LogP contribution in [0.3, 0.4) is 0 Å². The fraction of sp³-hybridized carbons (Fsp3) is 0.286. The molecule has 0 unspecified atom stereocenters. The van der Waals surface area contributed by atoms with E-state index in [1.165, 1.54) is 7.05 Å². The zero-order chi connectivity index (χ0) is 21.7. The van der Waals surface area contributed by atoms with Crippen molar-refractivity contribution in [3.05, 3.63) is 57.8 Å². The van der Waals surface area contributed by atoms with E-state index in [9.17, 15) is 9.59 Å². The number of hydrogen-bond donors (Lipinski definition) is 2. The maximum Gasteiger partial charge on any atom is 0.328 e. The molecular weight excluding hydrogens is 418 g/mol. The highest BCUT2D eigenvalue weighted by molar-refractivity contribution is 6.31. The smallest absolute Gasteiger partial charge is 0.328 e. The summed E-state index contributed by atoms with van der Waals surface area (Å²) in [6, 6.07) is 1.94. The third-order valence-corrected chi connectivity index (χ3v) is 5.87. The Kier molecular flexibility index (Phi) is 4.62. The summed E-state index contributed by atoms with van der Waals surface area (Å²) in [6.07, 6.45) is 9.44. The Hall–Kier alpha value is -3.46. The predicted octanol–water partition coefficient (Wildman–Crippen LogP) is 2.77. The third kappa shape index (κ3) is 3.61. The number of halogens is 1. The Morgan fingerprint density at radius 2 is 2.10 bits per heavy atom. The first-order valence-corrected chi connectivity index (χ1v) is 10.3. The average Bonchev–Trinajstić information content (AvgIpc) is 3.42. The maximum absolute atomic E-state index is 12.3. The van der Waals surface area contributed by atoms with Crippen LogP contribution >= 0.6 is 11.6 Å². The van der Waals surface area contributed by atoms with Gasteiger partial charge in [0, 0.05) is 43.5 Å². The number of nitrogens with zero attached hydrogens (tertiary/aromatic N) is 5. The van der Waals surface area contributed by atoms with Crippen LogP contribution in [-0.2, 0) is 11.2 Å². The number of urea groups is 1. The van der Waals surface area contributed by atoms with Gasteiger partial charge in [-0.3, -0.25) is 14.7 Å². The Morgan fingerprint density at radius 1 is 1.29 bits per heavy atom. The van der Waals surface area contributed by atoms with Gasteiger partial charge in [0.15, 0.2) is 5.65 Å². The fourth-order valence-electron chi connectivity index (χ4n) is 3.45. The van der Waals surface area contributed by atoms with Crippen molar-refractivity contribution in [2.75, 3.05) is 12.4 Å². The van der Waals surface area contributed by atoms with Crippen molar-refractivity contribution in [2.45, 2.75) is 32.2 Å². The van der Waals surface area contributed by atoms with Crippen molar-refractivity contribution < 1.29 is 9.59 Å². The van der Waals surface area contributed by atoms with Crippen LogP contribution in [-0.4, -0.2) is 49.5 Å². The molecule has 31 heavy (non-hydrogen) atoms. The molecule has 2 fully saturated rings. The number of imide groups is 1. The summed E-state index contributed by atoms with van der Waals surface area (Å²) >= 11 is 6.24. The highest BCUT2D eigenvalue weighted by Crippen LogP contribution is 2.28. The van der Waals surface area contributed by atoms with Gasteiger partial charge in [-0.15, -0.1) is 0 Å². The molecule has 1 aliphatic carbocycles. The van der Waals surface area contributed by atoms with E-state index in [0.717, 1.165) is 40.4 Å². The highest BCUT2D eigenvalue weighted by atomic mass is 35.5. The van der Waals surface area contributed by atoms with E-state index in [-0.39, 0.29) is 5.70 Å². The predicted molar refractivity (Wildman–Crippen MR) is 116 cm³/mol. The first-order chi connectivity index (χ1) is 14.9. The normalized spacial score (nSPS) is 17.6. The lowest BCUT2D eigenvalue weighted by Crippen LogP contribution is -2.25. The number of aromatic nitrogens is 4. The van der Waals surface area contributed by atoms with Gasteiger partial charge in [0.05, 0.1) is 16.9 Å². The Labute approximate surface area is 183 Å². The van der Waals surface area contributed by atoms with Crippen LogP contribution in [0, 0.1) is 6.92 Å². The number of hydrogen-bond acceptors (Lipinski definition) is 6. The van der Waals surface area contributed by atoms with Gasteiger partial charge in [0.1, 0.15) is 11.5 Å². The van der Waals surface area contributed by atoms with Crippen molar-refractivity contribution in [1.29, 1.82) is 0 Å². The average molecular weight is 438 g/mol. The summed E-state index contributed by atoms with van der Waals surface area (Å²) in [4.78, 5) is 34.1. The molecule has 158 valence electrons. The molecule has 9 nitrogen and oxygen atoms in total. The van der Waals surface area contributed by atoms with Crippen molar-refractivity contribution >= 4 is 41.1 Å². The van der Waals surface area contributed by atoms with E-state index in [1.54, 1.807) is 29.2 Å². The Bertz CT molecular complexity index is 1260. The Balaban J connectivity index is 1.59. The first kappa shape index (κ1) is 19.5. The molecule has 1 saturated heterocycles. The van der Waals surface area contributed by atoms with E-state index in [1.807, 2.05) is 13.0 Å². The standard InChI is InChI=1S/C21H20ClN7O2/c1-11-12(8-23-10-16(11)22)5-15-7-18(25-14-3-4-14)29-19(26-15)13(9-24-29)6-17-20(30)28(2)21(31)27-17/h6-10,14,25H,3-5H2,1-2H3,(H,27,31)/b17-6-.